The van der Waals surface area contributed by atoms with Crippen molar-refractivity contribution in [1.29, 1.82) is 0 Å². The van der Waals surface area contributed by atoms with Gasteiger partial charge in [0.15, 0.2) is 0 Å². The number of para-hydroxylation sites is 2. The molecule has 1 aromatic rings. The smallest absolute Gasteiger partial charge is 0.412 e. The highest BCUT2D eigenvalue weighted by Crippen LogP contribution is 2.24. The molecular weight excluding hydrogens is 372 g/mol. The molecule has 0 aliphatic carbocycles. The Morgan fingerprint density at radius 3 is 2.62 bits per heavy atom. The largest absolute Gasteiger partial charge is 0.491 e. The summed E-state index contributed by atoms with van der Waals surface area (Å²) in [4.78, 5) is 14.8. The van der Waals surface area contributed by atoms with Crippen LogP contribution in [0.15, 0.2) is 24.3 Å². The zero-order chi connectivity index (χ0) is 20.7. The summed E-state index contributed by atoms with van der Waals surface area (Å²) in [6.07, 6.45) is 3.57. The highest BCUT2D eigenvalue weighted by atomic mass is 16.6. The lowest BCUT2D eigenvalue weighted by atomic mass is 10.3. The van der Waals surface area contributed by atoms with Gasteiger partial charge in [0.2, 0.25) is 0 Å². The van der Waals surface area contributed by atoms with Crippen LogP contribution in [0.3, 0.4) is 0 Å². The first-order valence-electron chi connectivity index (χ1n) is 10.8. The summed E-state index contributed by atoms with van der Waals surface area (Å²) < 4.78 is 22.4. The Morgan fingerprint density at radius 1 is 1.10 bits per heavy atom. The van der Waals surface area contributed by atoms with E-state index in [1.54, 1.807) is 0 Å². The Balaban J connectivity index is 1.86. The number of carbonyl (C=O) groups excluding carboxylic acids is 1. The van der Waals surface area contributed by atoms with Crippen molar-refractivity contribution < 1.29 is 23.7 Å². The maximum atomic E-state index is 12.5. The van der Waals surface area contributed by atoms with Crippen LogP contribution < -0.4 is 10.1 Å². The van der Waals surface area contributed by atoms with E-state index in [-0.39, 0.29) is 6.10 Å². The summed E-state index contributed by atoms with van der Waals surface area (Å²) in [5, 5.41) is 2.82. The van der Waals surface area contributed by atoms with E-state index in [9.17, 15) is 4.79 Å². The predicted molar refractivity (Wildman–Crippen MR) is 114 cm³/mol. The van der Waals surface area contributed by atoms with Crippen LogP contribution in [-0.2, 0) is 14.2 Å². The molecule has 1 aliphatic heterocycles. The van der Waals surface area contributed by atoms with Gasteiger partial charge in [-0.3, -0.25) is 10.2 Å². The SMILES string of the molecule is CCCCOc1ccccc1NC(=O)OC(COCCOCC)CN1CCCC1. The molecule has 164 valence electrons. The number of amides is 1. The molecule has 7 nitrogen and oxygen atoms in total. The molecule has 0 bridgehead atoms. The van der Waals surface area contributed by atoms with E-state index in [1.165, 1.54) is 12.8 Å². The van der Waals surface area contributed by atoms with Crippen LogP contribution in [-0.4, -0.2) is 69.8 Å². The molecule has 0 aromatic heterocycles. The normalized spacial score (nSPS) is 15.2. The van der Waals surface area contributed by atoms with Gasteiger partial charge in [-0.1, -0.05) is 25.5 Å². The summed E-state index contributed by atoms with van der Waals surface area (Å²) in [5.74, 6) is 0.655. The van der Waals surface area contributed by atoms with Crippen LogP contribution in [0.5, 0.6) is 5.75 Å². The van der Waals surface area contributed by atoms with Crippen LogP contribution in [0.2, 0.25) is 0 Å². The van der Waals surface area contributed by atoms with Crippen molar-refractivity contribution in [2.75, 3.05) is 58.0 Å². The minimum atomic E-state index is -0.492. The van der Waals surface area contributed by atoms with Gasteiger partial charge in [-0.05, 0) is 51.4 Å². The molecule has 1 N–H and O–H groups in total. The number of nitrogens with one attached hydrogen (secondary N) is 1. The second kappa shape index (κ2) is 14.2. The lowest BCUT2D eigenvalue weighted by Gasteiger charge is -2.24. The molecule has 1 aromatic carbocycles. The monoisotopic (exact) mass is 408 g/mol. The average molecular weight is 409 g/mol. The maximum absolute atomic E-state index is 12.5. The fourth-order valence-corrected chi connectivity index (χ4v) is 3.17. The Labute approximate surface area is 174 Å². The number of unbranched alkanes of at least 4 members (excludes halogenated alkanes) is 1. The molecule has 0 radical (unpaired) electrons. The molecule has 1 fully saturated rings. The Kier molecular flexibility index (Phi) is 11.5. The van der Waals surface area contributed by atoms with E-state index in [4.69, 9.17) is 18.9 Å². The van der Waals surface area contributed by atoms with Crippen molar-refractivity contribution in [2.24, 2.45) is 0 Å². The highest BCUT2D eigenvalue weighted by molar-refractivity contribution is 5.86. The second-order valence-electron chi connectivity index (χ2n) is 7.13. The third-order valence-corrected chi connectivity index (χ3v) is 4.69. The van der Waals surface area contributed by atoms with E-state index in [1.807, 2.05) is 31.2 Å². The van der Waals surface area contributed by atoms with Gasteiger partial charge in [0.05, 0.1) is 32.1 Å². The van der Waals surface area contributed by atoms with Gasteiger partial charge < -0.3 is 18.9 Å². The number of nitrogens with zero attached hydrogens (tertiary/aromatic N) is 1. The Morgan fingerprint density at radius 2 is 1.86 bits per heavy atom. The van der Waals surface area contributed by atoms with Gasteiger partial charge in [0, 0.05) is 13.2 Å². The third-order valence-electron chi connectivity index (χ3n) is 4.69. The topological polar surface area (TPSA) is 69.3 Å². The molecule has 1 unspecified atom stereocenters. The van der Waals surface area contributed by atoms with Gasteiger partial charge in [-0.2, -0.15) is 0 Å². The first-order valence-corrected chi connectivity index (χ1v) is 10.8. The Hall–Kier alpha value is -1.83. The fraction of sp³-hybridized carbons (Fsp3) is 0.682. The van der Waals surface area contributed by atoms with Crippen molar-refractivity contribution in [3.63, 3.8) is 0 Å². The summed E-state index contributed by atoms with van der Waals surface area (Å²) in [5.41, 5.74) is 0.616. The van der Waals surface area contributed by atoms with Crippen molar-refractivity contribution in [2.45, 2.75) is 45.6 Å². The van der Waals surface area contributed by atoms with E-state index in [2.05, 4.69) is 17.1 Å². The molecule has 1 heterocycles. The number of hydrogen-bond acceptors (Lipinski definition) is 6. The quantitative estimate of drug-likeness (QED) is 0.471. The van der Waals surface area contributed by atoms with E-state index < -0.39 is 6.09 Å². The lowest BCUT2D eigenvalue weighted by Crippen LogP contribution is -2.37. The molecule has 1 atom stereocenters. The zero-order valence-corrected chi connectivity index (χ0v) is 17.9. The standard InChI is InChI=1S/C22H36N2O5/c1-3-5-14-28-21-11-7-6-10-20(21)23-22(25)29-19(17-24-12-8-9-13-24)18-27-16-15-26-4-2/h6-7,10-11,19H,3-5,8-9,12-18H2,1-2H3,(H,23,25). The molecule has 7 heteroatoms. The number of hydrogen-bond donors (Lipinski definition) is 1. The number of anilines is 1. The van der Waals surface area contributed by atoms with E-state index in [0.717, 1.165) is 25.9 Å². The molecule has 1 aliphatic rings. The van der Waals surface area contributed by atoms with Crippen LogP contribution in [0, 0.1) is 0 Å². The van der Waals surface area contributed by atoms with Gasteiger partial charge in [0.25, 0.3) is 0 Å². The number of carbonyl (C=O) groups is 1. The van der Waals surface area contributed by atoms with Gasteiger partial charge >= 0.3 is 6.09 Å². The maximum Gasteiger partial charge on any atom is 0.412 e. The minimum Gasteiger partial charge on any atom is -0.491 e. The van der Waals surface area contributed by atoms with E-state index in [0.29, 0.717) is 51.0 Å². The lowest BCUT2D eigenvalue weighted by molar-refractivity contribution is -0.00902. The molecule has 1 saturated heterocycles. The molecule has 1 amide bonds. The summed E-state index contributed by atoms with van der Waals surface area (Å²) in [6, 6.07) is 7.42. The third kappa shape index (κ3) is 9.47. The fourth-order valence-electron chi connectivity index (χ4n) is 3.17. The van der Waals surface area contributed by atoms with Crippen LogP contribution in [0.1, 0.15) is 39.5 Å². The average Bonchev–Trinajstić information content (AvgIpc) is 3.22. The minimum absolute atomic E-state index is 0.331. The highest BCUT2D eigenvalue weighted by Gasteiger charge is 2.21. The molecule has 0 spiro atoms. The molecular formula is C22H36N2O5. The van der Waals surface area contributed by atoms with Gasteiger partial charge in [-0.25, -0.2) is 4.79 Å². The zero-order valence-electron chi connectivity index (χ0n) is 17.9. The number of benzene rings is 1. The number of rotatable bonds is 14. The predicted octanol–water partition coefficient (Wildman–Crippen LogP) is 3.93. The van der Waals surface area contributed by atoms with Crippen molar-refractivity contribution in [3.05, 3.63) is 24.3 Å². The van der Waals surface area contributed by atoms with Crippen LogP contribution >= 0.6 is 0 Å². The van der Waals surface area contributed by atoms with E-state index >= 15 is 0 Å². The summed E-state index contributed by atoms with van der Waals surface area (Å²) in [7, 11) is 0. The van der Waals surface area contributed by atoms with Crippen LogP contribution in [0.4, 0.5) is 10.5 Å². The first-order chi connectivity index (χ1) is 14.2. The van der Waals surface area contributed by atoms with Gasteiger partial charge in [-0.15, -0.1) is 0 Å². The summed E-state index contributed by atoms with van der Waals surface area (Å²) in [6.45, 7) is 9.49. The van der Waals surface area contributed by atoms with Crippen molar-refractivity contribution in [3.8, 4) is 5.75 Å². The molecule has 0 saturated carbocycles. The molecule has 29 heavy (non-hydrogen) atoms. The van der Waals surface area contributed by atoms with Crippen LogP contribution in [0.25, 0.3) is 0 Å². The first kappa shape index (κ1) is 23.4. The number of ether oxygens (including phenoxy) is 4. The second-order valence-corrected chi connectivity index (χ2v) is 7.13. The number of likely N-dealkylation sites (tertiary alicyclic amines) is 1. The van der Waals surface area contributed by atoms with Crippen molar-refractivity contribution in [1.82, 2.24) is 4.90 Å². The van der Waals surface area contributed by atoms with Gasteiger partial charge in [0.1, 0.15) is 11.9 Å². The Bertz CT molecular complexity index is 578. The van der Waals surface area contributed by atoms with Crippen molar-refractivity contribution >= 4 is 11.8 Å². The summed E-state index contributed by atoms with van der Waals surface area (Å²) >= 11 is 0. The molecule has 2 rings (SSSR count).